The van der Waals surface area contributed by atoms with Crippen molar-refractivity contribution in [2.24, 2.45) is 107 Å². The Morgan fingerprint density at radius 3 is 1.02 bits per heavy atom. The summed E-state index contributed by atoms with van der Waals surface area (Å²) < 4.78 is 0. The molecule has 0 aromatic heterocycles. The van der Waals surface area contributed by atoms with Crippen LogP contribution in [0.25, 0.3) is 0 Å². The minimum absolute atomic E-state index is 1.13. The maximum absolute atomic E-state index is 1.74. The average Bonchev–Trinajstić information content (AvgIpc) is 3.12. The zero-order valence-electron chi connectivity index (χ0n) is 30.2. The molecule has 18 unspecified atom stereocenters. The van der Waals surface area contributed by atoms with Crippen molar-refractivity contribution in [3.63, 3.8) is 0 Å². The molecule has 0 bridgehead atoms. The third kappa shape index (κ3) is 5.21. The summed E-state index contributed by atoms with van der Waals surface area (Å²) in [5, 5.41) is 0. The fourth-order valence-electron chi connectivity index (χ4n) is 18.4. The zero-order chi connectivity index (χ0) is 30.2. The number of fused-ring (bicyclic) bond motifs is 8. The molecular weight excluding hydrogens is 553 g/mol. The van der Waals surface area contributed by atoms with Gasteiger partial charge in [0.2, 0.25) is 0 Å². The molecule has 0 radical (unpaired) electrons. The van der Waals surface area contributed by atoms with Crippen LogP contribution in [0.2, 0.25) is 0 Å². The predicted molar refractivity (Wildman–Crippen MR) is 192 cm³/mol. The van der Waals surface area contributed by atoms with Crippen molar-refractivity contribution in [3.05, 3.63) is 0 Å². The van der Waals surface area contributed by atoms with Gasteiger partial charge in [0.05, 0.1) is 0 Å². The Kier molecular flexibility index (Phi) is 8.67. The van der Waals surface area contributed by atoms with Crippen LogP contribution in [-0.4, -0.2) is 0 Å². The van der Waals surface area contributed by atoms with E-state index in [0.29, 0.717) is 0 Å². The molecule has 258 valence electrons. The molecule has 10 aliphatic rings. The Morgan fingerprint density at radius 1 is 0.174 bits per heavy atom. The summed E-state index contributed by atoms with van der Waals surface area (Å²) in [6, 6.07) is 0. The van der Waals surface area contributed by atoms with Crippen LogP contribution >= 0.6 is 0 Å². The van der Waals surface area contributed by atoms with Crippen LogP contribution < -0.4 is 0 Å². The van der Waals surface area contributed by atoms with E-state index < -0.39 is 0 Å². The van der Waals surface area contributed by atoms with Gasteiger partial charge in [-0.25, -0.2) is 0 Å². The third-order valence-electron chi connectivity index (χ3n) is 19.7. The molecule has 0 saturated heterocycles. The van der Waals surface area contributed by atoms with Crippen molar-refractivity contribution >= 4 is 0 Å². The zero-order valence-corrected chi connectivity index (χ0v) is 30.2. The van der Waals surface area contributed by atoms with E-state index in [-0.39, 0.29) is 0 Å². The second kappa shape index (κ2) is 13.0. The molecule has 10 fully saturated rings. The maximum Gasteiger partial charge on any atom is -0.0321 e. The summed E-state index contributed by atoms with van der Waals surface area (Å²) in [4.78, 5) is 0. The highest BCUT2D eigenvalue weighted by atomic mass is 14.7. The van der Waals surface area contributed by atoms with Crippen molar-refractivity contribution in [2.45, 2.75) is 180 Å². The second-order valence-electron chi connectivity index (χ2n) is 20.9. The summed E-state index contributed by atoms with van der Waals surface area (Å²) in [6.45, 7) is 0. The van der Waals surface area contributed by atoms with Crippen molar-refractivity contribution in [1.82, 2.24) is 0 Å². The van der Waals surface area contributed by atoms with Gasteiger partial charge in [0.1, 0.15) is 0 Å². The molecule has 0 N–H and O–H groups in total. The van der Waals surface area contributed by atoms with E-state index in [1.807, 2.05) is 0 Å². The van der Waals surface area contributed by atoms with E-state index in [9.17, 15) is 0 Å². The van der Waals surface area contributed by atoms with E-state index in [0.717, 1.165) is 107 Å². The van der Waals surface area contributed by atoms with Crippen LogP contribution in [0.1, 0.15) is 180 Å². The maximum atomic E-state index is 1.74. The molecule has 0 heteroatoms. The smallest absolute Gasteiger partial charge is 0.0321 e. The Balaban J connectivity index is 1.07. The highest BCUT2D eigenvalue weighted by Crippen LogP contribution is 2.69. The lowest BCUT2D eigenvalue weighted by molar-refractivity contribution is -0.178. The molecule has 0 heterocycles. The van der Waals surface area contributed by atoms with Crippen LogP contribution in [0, 0.1) is 107 Å². The monoisotopic (exact) mass is 627 g/mol. The van der Waals surface area contributed by atoms with Crippen LogP contribution in [0.15, 0.2) is 0 Å². The van der Waals surface area contributed by atoms with Gasteiger partial charge in [-0.05, 0) is 177 Å². The lowest BCUT2D eigenvalue weighted by Gasteiger charge is -2.66. The molecule has 18 atom stereocenters. The van der Waals surface area contributed by atoms with Gasteiger partial charge in [-0.1, -0.05) is 109 Å². The summed E-state index contributed by atoms with van der Waals surface area (Å²) >= 11 is 0. The largest absolute Gasteiger partial charge is 0.0530 e. The molecule has 0 aromatic carbocycles. The van der Waals surface area contributed by atoms with E-state index in [2.05, 4.69) is 0 Å². The van der Waals surface area contributed by atoms with Crippen LogP contribution in [0.3, 0.4) is 0 Å². The van der Waals surface area contributed by atoms with Gasteiger partial charge in [0.25, 0.3) is 0 Å². The van der Waals surface area contributed by atoms with Crippen molar-refractivity contribution in [1.29, 1.82) is 0 Å². The average molecular weight is 627 g/mol. The minimum Gasteiger partial charge on any atom is -0.0530 e. The fourth-order valence-corrected chi connectivity index (χ4v) is 18.4. The van der Waals surface area contributed by atoms with Crippen molar-refractivity contribution < 1.29 is 0 Å². The first-order valence-corrected chi connectivity index (χ1v) is 22.8. The van der Waals surface area contributed by atoms with Crippen LogP contribution in [-0.2, 0) is 0 Å². The van der Waals surface area contributed by atoms with Crippen molar-refractivity contribution in [2.75, 3.05) is 0 Å². The van der Waals surface area contributed by atoms with Gasteiger partial charge in [-0.15, -0.1) is 0 Å². The van der Waals surface area contributed by atoms with E-state index in [4.69, 9.17) is 0 Å². The van der Waals surface area contributed by atoms with Gasteiger partial charge < -0.3 is 0 Å². The molecule has 0 nitrogen and oxygen atoms in total. The standard InChI is InChI=1S/C46H74/c1-2-15-33-26-42-41(25-32(33)14-1)45(38-21-9-16-29-11-3-6-18-35(29)38)43-27-34-24-23-31-13-5-8-20-37(31)40(34)28-44(43)46(42)39-22-10-17-30-12-4-7-19-36(30)39/h29-46H,1-28H2. The molecule has 10 rings (SSSR count). The van der Waals surface area contributed by atoms with Gasteiger partial charge in [-0.2, -0.15) is 0 Å². The second-order valence-corrected chi connectivity index (χ2v) is 20.9. The van der Waals surface area contributed by atoms with Gasteiger partial charge >= 0.3 is 0 Å². The Hall–Kier alpha value is 0. The summed E-state index contributed by atoms with van der Waals surface area (Å²) in [6.07, 6.45) is 45.5. The van der Waals surface area contributed by atoms with Crippen LogP contribution in [0.5, 0.6) is 0 Å². The number of hydrogen-bond donors (Lipinski definition) is 0. The van der Waals surface area contributed by atoms with Gasteiger partial charge in [0.15, 0.2) is 0 Å². The van der Waals surface area contributed by atoms with E-state index in [1.54, 1.807) is 180 Å². The lowest BCUT2D eigenvalue weighted by atomic mass is 9.39. The first-order chi connectivity index (χ1) is 22.8. The van der Waals surface area contributed by atoms with Gasteiger partial charge in [-0.3, -0.25) is 0 Å². The molecule has 46 heavy (non-hydrogen) atoms. The number of rotatable bonds is 2. The SMILES string of the molecule is C1CCC2CC3C(CC2C1)C(C1CCCC2CCCCC21)C1CC2CCC4CCCCC4C2CC1C3C1CCCC2CCCCC21. The predicted octanol–water partition coefficient (Wildman–Crippen LogP) is 13.1. The molecule has 0 aliphatic heterocycles. The Bertz CT molecular complexity index is 1040. The first kappa shape index (κ1) is 30.8. The topological polar surface area (TPSA) is 0 Å². The van der Waals surface area contributed by atoms with Gasteiger partial charge in [0, 0.05) is 0 Å². The molecule has 0 spiro atoms. The van der Waals surface area contributed by atoms with E-state index in [1.165, 1.54) is 0 Å². The van der Waals surface area contributed by atoms with Crippen LogP contribution in [0.4, 0.5) is 0 Å². The molecule has 10 saturated carbocycles. The highest BCUT2D eigenvalue weighted by molar-refractivity contribution is 5.10. The Morgan fingerprint density at radius 2 is 0.500 bits per heavy atom. The highest BCUT2D eigenvalue weighted by Gasteiger charge is 2.62. The normalized spacial score (nSPS) is 56.9. The first-order valence-electron chi connectivity index (χ1n) is 22.8. The number of hydrogen-bond acceptors (Lipinski definition) is 0. The summed E-state index contributed by atoms with van der Waals surface area (Å²) in [5.74, 6) is 20.5. The minimum atomic E-state index is 1.13. The third-order valence-corrected chi connectivity index (χ3v) is 19.7. The lowest BCUT2D eigenvalue weighted by Crippen LogP contribution is -2.60. The quantitative estimate of drug-likeness (QED) is 0.286. The molecular formula is C46H74. The molecule has 0 aromatic rings. The summed E-state index contributed by atoms with van der Waals surface area (Å²) in [7, 11) is 0. The van der Waals surface area contributed by atoms with E-state index >= 15 is 0 Å². The Labute approximate surface area is 285 Å². The van der Waals surface area contributed by atoms with Crippen molar-refractivity contribution in [3.8, 4) is 0 Å². The summed E-state index contributed by atoms with van der Waals surface area (Å²) in [5.41, 5.74) is 0. The fraction of sp³-hybridized carbons (Fsp3) is 1.00. The molecule has 0 amide bonds. The molecule has 10 aliphatic carbocycles.